The van der Waals surface area contributed by atoms with Crippen LogP contribution < -0.4 is 5.32 Å². The van der Waals surface area contributed by atoms with Gasteiger partial charge in [-0.05, 0) is 190 Å². The fourth-order valence-corrected chi connectivity index (χ4v) is 28.0. The summed E-state index contributed by atoms with van der Waals surface area (Å²) >= 11 is 0. The molecule has 88 heavy (non-hydrogen) atoms. The molecule has 468 valence electrons. The van der Waals surface area contributed by atoms with Crippen molar-refractivity contribution in [2.45, 2.75) is 190 Å². The van der Waals surface area contributed by atoms with Crippen LogP contribution in [0.1, 0.15) is 152 Å². The number of hydrogen-bond donors (Lipinski definition) is 4. The largest absolute Gasteiger partial charge is 0.469 e. The minimum absolute atomic E-state index is 0.0358. The molecule has 4 N–H and O–H groups in total. The van der Waals surface area contributed by atoms with Gasteiger partial charge in [-0.3, -0.25) is 14.9 Å². The first-order valence-electron chi connectivity index (χ1n) is 35.3. The first-order chi connectivity index (χ1) is 42.7. The number of hydrogen-bond acceptors (Lipinski definition) is 13. The molecule has 17 aliphatic rings. The van der Waals surface area contributed by atoms with Crippen LogP contribution >= 0.6 is 0 Å². The van der Waals surface area contributed by atoms with Crippen molar-refractivity contribution in [1.29, 1.82) is 0 Å². The van der Waals surface area contributed by atoms with Gasteiger partial charge in [-0.15, -0.1) is 0 Å². The lowest BCUT2D eigenvalue weighted by atomic mass is 9.29. The average Bonchev–Trinajstić information content (AvgIpc) is 1.41. The molecule has 8 saturated carbocycles. The van der Waals surface area contributed by atoms with Crippen LogP contribution in [0.25, 0.3) is 0 Å². The fourth-order valence-electron chi connectivity index (χ4n) is 28.0. The predicted molar refractivity (Wildman–Crippen MR) is 324 cm³/mol. The molecule has 0 amide bonds. The summed E-state index contributed by atoms with van der Waals surface area (Å²) in [6.07, 6.45) is 32.3. The van der Waals surface area contributed by atoms with Crippen LogP contribution in [-0.4, -0.2) is 106 Å². The number of furan rings is 1. The number of ether oxygens (including phenoxy) is 4. The summed E-state index contributed by atoms with van der Waals surface area (Å²) < 4.78 is 37.2. The lowest BCUT2D eigenvalue weighted by Gasteiger charge is -2.73. The van der Waals surface area contributed by atoms with Gasteiger partial charge in [0.1, 0.15) is 35.8 Å². The predicted octanol–water partition coefficient (Wildman–Crippen LogP) is 10.3. The van der Waals surface area contributed by atoms with Gasteiger partial charge >= 0.3 is 11.9 Å². The molecule has 5 bridgehead atoms. The van der Waals surface area contributed by atoms with Crippen molar-refractivity contribution < 1.29 is 53.1 Å². The molecular formula is C75H92N2O11. The Morgan fingerprint density at radius 1 is 0.864 bits per heavy atom. The zero-order valence-electron chi connectivity index (χ0n) is 51.7. The topological polar surface area (TPSA) is 181 Å². The van der Waals surface area contributed by atoms with E-state index < -0.39 is 92.0 Å². The third-order valence-electron chi connectivity index (χ3n) is 30.6. The standard InChI is InChI=1S/C75H92N2O11/c1-41-51-17-7-6-14-44(51)20-26-69(41)24-10-25-72-58(69)33-50-32-48-16-9-23-70(48)36-47-35-68(2)64(53-22-28-84-57(53)34-54(56(79)38-78)45-18-19-52-46(31-45)21-27-77-40-76-37-55(52)77)86-67(83)65-75(68,87-65)73(49-15-8-13-43(30-49)29-42-11-4-3-5-12-42)60(47)71(61(72)59(80)63(73)81)39-85-66(82)62(70)74(50,71)88-72/h3-5,10-12,20-22,24,26-28,33,41,43-49,51-52,54-56,58,60-65,76,78-79,81H,6-9,13-19,23,25,29-32,34-40H2,1-2H3. The maximum Gasteiger partial charge on any atom is 0.339 e. The van der Waals surface area contributed by atoms with Crippen LogP contribution in [0, 0.1) is 116 Å². The van der Waals surface area contributed by atoms with Gasteiger partial charge in [-0.1, -0.05) is 113 Å². The maximum absolute atomic E-state index is 17.8. The van der Waals surface area contributed by atoms with E-state index in [-0.39, 0.29) is 72.3 Å². The van der Waals surface area contributed by atoms with Gasteiger partial charge in [0.15, 0.2) is 11.9 Å². The summed E-state index contributed by atoms with van der Waals surface area (Å²) in [6, 6.07) is 13.2. The minimum atomic E-state index is -1.52. The third kappa shape index (κ3) is 6.41. The average molecular weight is 1200 g/mol. The Bertz CT molecular complexity index is 3390. The number of carbonyl (C=O) groups excluding carboxylic acids is 3. The first-order valence-corrected chi connectivity index (χ1v) is 35.3. The van der Waals surface area contributed by atoms with Crippen molar-refractivity contribution in [1.82, 2.24) is 10.2 Å². The Balaban J connectivity index is 0.802. The van der Waals surface area contributed by atoms with Gasteiger partial charge in [0, 0.05) is 46.7 Å². The highest BCUT2D eigenvalue weighted by atomic mass is 16.7. The van der Waals surface area contributed by atoms with Crippen LogP contribution in [0.5, 0.6) is 0 Å². The summed E-state index contributed by atoms with van der Waals surface area (Å²) in [6.45, 7) is 6.26. The zero-order valence-corrected chi connectivity index (χ0v) is 51.7. The highest BCUT2D eigenvalue weighted by Gasteiger charge is 2.99. The van der Waals surface area contributed by atoms with E-state index in [0.717, 1.165) is 102 Å². The van der Waals surface area contributed by atoms with Crippen LogP contribution in [0.4, 0.5) is 0 Å². The second-order valence-electron chi connectivity index (χ2n) is 33.0. The number of Topliss-reactive ketones (excluding diaryl/α,β-unsaturated/α-hetero) is 1. The molecule has 5 saturated heterocycles. The SMILES string of the molecule is CC1C2CCCCC2C=CC12C=CCC13OC45C(=CC21)CC1CCCC12CC1CC6(C)C(c7ccoc7CC(C(O)CO)C7CCC8C(C=CN9CNCC89)C7)OC(=O)C7OC76C6(C7CCCC(Cc8ccccc8)C7)C(O)C(=O)C3C4(COC(=O)C25)C16. The smallest absolute Gasteiger partial charge is 0.339 e. The van der Waals surface area contributed by atoms with Gasteiger partial charge in [0.05, 0.1) is 48.5 Å². The van der Waals surface area contributed by atoms with E-state index in [4.69, 9.17) is 23.4 Å². The van der Waals surface area contributed by atoms with Gasteiger partial charge in [-0.25, -0.2) is 4.79 Å². The summed E-state index contributed by atoms with van der Waals surface area (Å²) in [4.78, 5) is 51.9. The minimum Gasteiger partial charge on any atom is -0.469 e. The van der Waals surface area contributed by atoms with E-state index in [2.05, 4.69) is 97.1 Å². The van der Waals surface area contributed by atoms with Gasteiger partial charge < -0.3 is 43.6 Å². The fraction of sp³-hybridized carbons (Fsp3) is 0.720. The number of esters is 2. The number of cyclic esters (lactones) is 2. The molecule has 6 spiro atoms. The van der Waals surface area contributed by atoms with Crippen LogP contribution in [0.2, 0.25) is 0 Å². The molecule has 0 radical (unpaired) electrons. The lowest BCUT2D eigenvalue weighted by molar-refractivity contribution is -0.301. The number of rotatable bonds is 9. The molecule has 8 heterocycles. The van der Waals surface area contributed by atoms with E-state index >= 15 is 14.4 Å². The monoisotopic (exact) mass is 1200 g/mol. The summed E-state index contributed by atoms with van der Waals surface area (Å²) in [7, 11) is 0. The number of fused-ring (bicyclic) bond motifs is 5. The van der Waals surface area contributed by atoms with E-state index in [1.165, 1.54) is 36.8 Å². The van der Waals surface area contributed by atoms with Crippen molar-refractivity contribution in [3.05, 3.63) is 108 Å². The quantitative estimate of drug-likeness (QED) is 0.106. The molecule has 7 aliphatic heterocycles. The van der Waals surface area contributed by atoms with Crippen molar-refractivity contribution in [2.75, 3.05) is 26.4 Å². The number of epoxide rings is 1. The molecule has 13 heteroatoms. The summed E-state index contributed by atoms with van der Waals surface area (Å²) in [5, 5.41) is 41.4. The molecule has 1 aromatic carbocycles. The van der Waals surface area contributed by atoms with Crippen LogP contribution in [-0.2, 0) is 46.2 Å². The van der Waals surface area contributed by atoms with Gasteiger partial charge in [-0.2, -0.15) is 0 Å². The number of aliphatic hydroxyl groups excluding tert-OH is 3. The highest BCUT2D eigenvalue weighted by molar-refractivity contribution is 5.94. The Labute approximate surface area is 518 Å². The summed E-state index contributed by atoms with van der Waals surface area (Å²) in [5.74, 6) is -0.257. The van der Waals surface area contributed by atoms with Gasteiger partial charge in [0.2, 0.25) is 0 Å². The molecule has 13 nitrogen and oxygen atoms in total. The second-order valence-corrected chi connectivity index (χ2v) is 33.0. The lowest BCUT2D eigenvalue weighted by Crippen LogP contribution is -2.82. The Morgan fingerprint density at radius 2 is 1.73 bits per heavy atom. The molecule has 19 rings (SSSR count). The molecule has 28 atom stereocenters. The van der Waals surface area contributed by atoms with E-state index in [0.29, 0.717) is 54.7 Å². The van der Waals surface area contributed by atoms with Crippen molar-refractivity contribution in [3.8, 4) is 0 Å². The Morgan fingerprint density at radius 3 is 2.60 bits per heavy atom. The number of benzene rings is 1. The van der Waals surface area contributed by atoms with Crippen molar-refractivity contribution in [2.24, 2.45) is 116 Å². The molecule has 13 fully saturated rings. The van der Waals surface area contributed by atoms with E-state index in [9.17, 15) is 15.3 Å². The molecule has 1 aromatic heterocycles. The normalized spacial score (nSPS) is 53.0. The van der Waals surface area contributed by atoms with E-state index in [1.54, 1.807) is 6.26 Å². The van der Waals surface area contributed by atoms with Crippen molar-refractivity contribution in [3.63, 3.8) is 0 Å². The Hall–Kier alpha value is -4.37. The Kier molecular flexibility index (Phi) is 11.7. The van der Waals surface area contributed by atoms with Gasteiger partial charge in [0.25, 0.3) is 0 Å². The number of ketones is 1. The number of nitrogens with one attached hydrogen (secondary N) is 1. The number of carbonyl (C=O) groups is 3. The maximum atomic E-state index is 17.8. The molecule has 2 aromatic rings. The molecular weight excluding hydrogens is 1100 g/mol. The third-order valence-corrected chi connectivity index (χ3v) is 30.6. The number of nitrogens with zero attached hydrogens (tertiary/aromatic N) is 1. The van der Waals surface area contributed by atoms with Crippen LogP contribution in [0.15, 0.2) is 95.3 Å². The first kappa shape index (κ1) is 55.3. The zero-order chi connectivity index (χ0) is 59.3. The number of allylic oxidation sites excluding steroid dienone is 4. The highest BCUT2D eigenvalue weighted by Crippen LogP contribution is 2.91. The summed E-state index contributed by atoms with van der Waals surface area (Å²) in [5.41, 5.74) is -4.71. The number of aliphatic hydroxyl groups is 3. The second kappa shape index (κ2) is 18.7. The van der Waals surface area contributed by atoms with Crippen molar-refractivity contribution >= 4 is 17.7 Å². The molecule has 28 unspecified atom stereocenters. The van der Waals surface area contributed by atoms with E-state index in [1.807, 2.05) is 6.07 Å². The molecule has 10 aliphatic carbocycles. The van der Waals surface area contributed by atoms with Crippen LogP contribution in [0.3, 0.4) is 0 Å².